The van der Waals surface area contributed by atoms with Crippen LogP contribution in [-0.2, 0) is 4.79 Å². The van der Waals surface area contributed by atoms with Gasteiger partial charge in [0.15, 0.2) is 0 Å². The third kappa shape index (κ3) is 6.79. The molecule has 0 N–H and O–H groups in total. The highest BCUT2D eigenvalue weighted by Crippen LogP contribution is 2.12. The van der Waals surface area contributed by atoms with E-state index in [-0.39, 0.29) is 0 Å². The van der Waals surface area contributed by atoms with E-state index in [4.69, 9.17) is 0 Å². The van der Waals surface area contributed by atoms with Crippen molar-refractivity contribution in [3.05, 3.63) is 90.6 Å². The predicted molar refractivity (Wildman–Crippen MR) is 82.7 cm³/mol. The van der Waals surface area contributed by atoms with Crippen molar-refractivity contribution in [2.45, 2.75) is 6.92 Å². The van der Waals surface area contributed by atoms with Crippen molar-refractivity contribution in [2.75, 3.05) is 0 Å². The molecule has 0 atom stereocenters. The quantitative estimate of drug-likeness (QED) is 0.412. The second kappa shape index (κ2) is 9.60. The van der Waals surface area contributed by atoms with E-state index >= 15 is 0 Å². The number of hydrogen-bond acceptors (Lipinski definition) is 1. The zero-order valence-electron chi connectivity index (χ0n) is 11.1. The molecule has 1 aromatic carbocycles. The number of rotatable bonds is 6. The molecule has 0 aromatic heterocycles. The summed E-state index contributed by atoms with van der Waals surface area (Å²) in [7, 11) is 0. The first-order chi connectivity index (χ1) is 9.34. The van der Waals surface area contributed by atoms with Crippen LogP contribution in [0.3, 0.4) is 0 Å². The fraction of sp³-hybridized carbons (Fsp3) is 0.0556. The summed E-state index contributed by atoms with van der Waals surface area (Å²) in [5.41, 5.74) is 2.46. The molecule has 0 fully saturated rings. The number of aldehydes is 1. The molecule has 0 amide bonds. The van der Waals surface area contributed by atoms with Crippen molar-refractivity contribution < 1.29 is 4.79 Å². The Bertz CT molecular complexity index is 514. The molecule has 1 aromatic rings. The maximum atomic E-state index is 10.0. The first-order valence-corrected chi connectivity index (χ1v) is 6.19. The molecule has 1 nitrogen and oxygen atoms in total. The second-order valence-corrected chi connectivity index (χ2v) is 3.89. The average Bonchev–Trinajstić information content (AvgIpc) is 2.46. The van der Waals surface area contributed by atoms with Gasteiger partial charge in [-0.15, -0.1) is 0 Å². The maximum absolute atomic E-state index is 10.0. The Balaban J connectivity index is 2.45. The Labute approximate surface area is 115 Å². The van der Waals surface area contributed by atoms with E-state index in [1.807, 2.05) is 54.7 Å². The molecule has 0 unspecified atom stereocenters. The van der Waals surface area contributed by atoms with Crippen molar-refractivity contribution in [1.29, 1.82) is 0 Å². The van der Waals surface area contributed by atoms with Crippen LogP contribution >= 0.6 is 0 Å². The van der Waals surface area contributed by atoms with Gasteiger partial charge in [-0.25, -0.2) is 0 Å². The van der Waals surface area contributed by atoms with Gasteiger partial charge in [0.2, 0.25) is 0 Å². The van der Waals surface area contributed by atoms with E-state index in [9.17, 15) is 4.79 Å². The Hall–Kier alpha value is -2.41. The van der Waals surface area contributed by atoms with Crippen LogP contribution in [0.15, 0.2) is 85.0 Å². The standard InChI is InChI=1S/C18H18O/c1-17(18-14-10-8-11-15-18)13-9-6-4-2-3-5-7-12-16-19/h2-16H,1H3/b4-2+,5-3+,9-6+,12-7+,17-13+. The van der Waals surface area contributed by atoms with Crippen LogP contribution in [0.2, 0.25) is 0 Å². The highest BCUT2D eigenvalue weighted by molar-refractivity contribution is 5.65. The van der Waals surface area contributed by atoms with Gasteiger partial charge >= 0.3 is 0 Å². The monoisotopic (exact) mass is 250 g/mol. The molecule has 0 spiro atoms. The predicted octanol–water partition coefficient (Wildman–Crippen LogP) is 4.51. The number of carbonyl (C=O) groups is 1. The molecule has 1 rings (SSSR count). The number of carbonyl (C=O) groups excluding carboxylic acids is 1. The summed E-state index contributed by atoms with van der Waals surface area (Å²) in [5, 5.41) is 0. The summed E-state index contributed by atoms with van der Waals surface area (Å²) < 4.78 is 0. The van der Waals surface area contributed by atoms with Gasteiger partial charge in [0, 0.05) is 0 Å². The van der Waals surface area contributed by atoms with Gasteiger partial charge in [-0.05, 0) is 24.1 Å². The lowest BCUT2D eigenvalue weighted by molar-refractivity contribution is -0.104. The minimum Gasteiger partial charge on any atom is -0.299 e. The van der Waals surface area contributed by atoms with Gasteiger partial charge in [0.25, 0.3) is 0 Å². The summed E-state index contributed by atoms with van der Waals surface area (Å²) in [6.07, 6.45) is 17.5. The number of benzene rings is 1. The van der Waals surface area contributed by atoms with E-state index in [0.717, 1.165) is 6.29 Å². The molecule has 0 bridgehead atoms. The summed E-state index contributed by atoms with van der Waals surface area (Å²) >= 11 is 0. The van der Waals surface area contributed by atoms with Crippen molar-refractivity contribution >= 4 is 11.9 Å². The van der Waals surface area contributed by atoms with E-state index in [1.165, 1.54) is 17.2 Å². The third-order valence-electron chi connectivity index (χ3n) is 2.43. The van der Waals surface area contributed by atoms with Crippen LogP contribution in [0.4, 0.5) is 0 Å². The summed E-state index contributed by atoms with van der Waals surface area (Å²) in [6.45, 7) is 2.09. The zero-order chi connectivity index (χ0) is 13.8. The van der Waals surface area contributed by atoms with Gasteiger partial charge in [0.05, 0.1) is 0 Å². The Kier molecular flexibility index (Phi) is 7.40. The third-order valence-corrected chi connectivity index (χ3v) is 2.43. The van der Waals surface area contributed by atoms with Gasteiger partial charge in [-0.2, -0.15) is 0 Å². The normalized spacial score (nSPS) is 13.2. The van der Waals surface area contributed by atoms with Crippen molar-refractivity contribution in [3.8, 4) is 0 Å². The fourth-order valence-corrected chi connectivity index (χ4v) is 1.43. The van der Waals surface area contributed by atoms with Gasteiger partial charge in [0.1, 0.15) is 6.29 Å². The minimum atomic E-state index is 0.755. The molecule has 0 aliphatic heterocycles. The topological polar surface area (TPSA) is 17.1 Å². The van der Waals surface area contributed by atoms with E-state index < -0.39 is 0 Å². The van der Waals surface area contributed by atoms with Crippen molar-refractivity contribution in [1.82, 2.24) is 0 Å². The molecule has 96 valence electrons. The van der Waals surface area contributed by atoms with E-state index in [1.54, 1.807) is 6.08 Å². The minimum absolute atomic E-state index is 0.755. The molecule has 0 heterocycles. The fourth-order valence-electron chi connectivity index (χ4n) is 1.43. The molecule has 0 aliphatic carbocycles. The van der Waals surface area contributed by atoms with E-state index in [0.29, 0.717) is 0 Å². The lowest BCUT2D eigenvalue weighted by Crippen LogP contribution is -1.75. The highest BCUT2D eigenvalue weighted by atomic mass is 16.1. The average molecular weight is 250 g/mol. The second-order valence-electron chi connectivity index (χ2n) is 3.89. The summed E-state index contributed by atoms with van der Waals surface area (Å²) in [5.74, 6) is 0. The van der Waals surface area contributed by atoms with Gasteiger partial charge in [-0.3, -0.25) is 4.79 Å². The van der Waals surface area contributed by atoms with Crippen LogP contribution in [0.25, 0.3) is 5.57 Å². The molecular formula is C18H18O. The zero-order valence-corrected chi connectivity index (χ0v) is 11.1. The molecular weight excluding hydrogens is 232 g/mol. The SMILES string of the molecule is C\C(=C/C=C/C=C/C=C/C=C/C=O)c1ccccc1. The Morgan fingerprint density at radius 2 is 1.32 bits per heavy atom. The lowest BCUT2D eigenvalue weighted by atomic mass is 10.1. The first kappa shape index (κ1) is 14.7. The molecule has 0 saturated carbocycles. The van der Waals surface area contributed by atoms with Crippen molar-refractivity contribution in [2.24, 2.45) is 0 Å². The highest BCUT2D eigenvalue weighted by Gasteiger charge is 1.89. The van der Waals surface area contributed by atoms with E-state index in [2.05, 4.69) is 25.1 Å². The molecule has 0 radical (unpaired) electrons. The molecule has 0 saturated heterocycles. The Morgan fingerprint density at radius 1 is 0.789 bits per heavy atom. The lowest BCUT2D eigenvalue weighted by Gasteiger charge is -1.97. The first-order valence-electron chi connectivity index (χ1n) is 6.19. The van der Waals surface area contributed by atoms with Crippen molar-refractivity contribution in [3.63, 3.8) is 0 Å². The number of allylic oxidation sites excluding steroid dienone is 10. The molecule has 19 heavy (non-hydrogen) atoms. The maximum Gasteiger partial charge on any atom is 0.142 e. The van der Waals surface area contributed by atoms with Crippen LogP contribution in [0.1, 0.15) is 12.5 Å². The van der Waals surface area contributed by atoms with Gasteiger partial charge in [-0.1, -0.05) is 78.9 Å². The summed E-state index contributed by atoms with van der Waals surface area (Å²) in [6, 6.07) is 10.3. The van der Waals surface area contributed by atoms with Gasteiger partial charge < -0.3 is 0 Å². The van der Waals surface area contributed by atoms with Crippen LogP contribution < -0.4 is 0 Å². The molecule has 1 heteroatoms. The van der Waals surface area contributed by atoms with Crippen LogP contribution in [-0.4, -0.2) is 6.29 Å². The summed E-state index contributed by atoms with van der Waals surface area (Å²) in [4.78, 5) is 10.0. The largest absolute Gasteiger partial charge is 0.299 e. The Morgan fingerprint density at radius 3 is 1.89 bits per heavy atom. The number of hydrogen-bond donors (Lipinski definition) is 0. The smallest absolute Gasteiger partial charge is 0.142 e. The van der Waals surface area contributed by atoms with Crippen LogP contribution in [0.5, 0.6) is 0 Å². The molecule has 0 aliphatic rings. The van der Waals surface area contributed by atoms with Crippen LogP contribution in [0, 0.1) is 0 Å².